The lowest BCUT2D eigenvalue weighted by Crippen LogP contribution is -2.20. The second-order valence-corrected chi connectivity index (χ2v) is 9.53. The molecule has 1 aliphatic rings. The molecule has 0 radical (unpaired) electrons. The summed E-state index contributed by atoms with van der Waals surface area (Å²) in [7, 11) is 0.0227. The van der Waals surface area contributed by atoms with Gasteiger partial charge in [0.25, 0.3) is 0 Å². The van der Waals surface area contributed by atoms with Gasteiger partial charge in [0.1, 0.15) is 0 Å². The van der Waals surface area contributed by atoms with Crippen LogP contribution in [0.1, 0.15) is 43.5 Å². The van der Waals surface area contributed by atoms with Crippen LogP contribution in [0.3, 0.4) is 0 Å². The van der Waals surface area contributed by atoms with E-state index in [1.165, 1.54) is 5.39 Å². The average molecular weight is 270 g/mol. The highest BCUT2D eigenvalue weighted by molar-refractivity contribution is 7.56. The van der Waals surface area contributed by atoms with Crippen molar-refractivity contribution in [1.29, 1.82) is 0 Å². The Balaban J connectivity index is 2.33. The molecule has 0 spiro atoms. The Labute approximate surface area is 118 Å². The molecule has 1 aliphatic carbocycles. The van der Waals surface area contributed by atoms with Crippen molar-refractivity contribution in [3.63, 3.8) is 0 Å². The van der Waals surface area contributed by atoms with E-state index in [-0.39, 0.29) is 7.92 Å². The molecule has 0 fully saturated rings. The van der Waals surface area contributed by atoms with Gasteiger partial charge in [-0.05, 0) is 40.6 Å². The lowest BCUT2D eigenvalue weighted by molar-refractivity contribution is 0.320. The summed E-state index contributed by atoms with van der Waals surface area (Å²) in [6.07, 6.45) is 0. The Bertz CT molecular complexity index is 614. The van der Waals surface area contributed by atoms with Crippen LogP contribution in [0, 0.1) is 5.41 Å². The third-order valence-electron chi connectivity index (χ3n) is 4.43. The average Bonchev–Trinajstić information content (AvgIpc) is 2.67. The van der Waals surface area contributed by atoms with Gasteiger partial charge >= 0.3 is 0 Å². The molecule has 0 saturated carbocycles. The van der Waals surface area contributed by atoms with Gasteiger partial charge in [-0.3, -0.25) is 0 Å². The predicted molar refractivity (Wildman–Crippen MR) is 87.7 cm³/mol. The van der Waals surface area contributed by atoms with E-state index in [2.05, 4.69) is 70.5 Å². The second kappa shape index (κ2) is 4.32. The number of benzene rings is 2. The highest BCUT2D eigenvalue weighted by atomic mass is 31.1. The molecule has 3 rings (SSSR count). The van der Waals surface area contributed by atoms with Gasteiger partial charge < -0.3 is 0 Å². The highest BCUT2D eigenvalue weighted by Gasteiger charge is 2.42. The predicted octanol–water partition coefficient (Wildman–Crippen LogP) is 5.77. The molecule has 0 aromatic heterocycles. The van der Waals surface area contributed by atoms with Crippen molar-refractivity contribution >= 4 is 18.7 Å². The van der Waals surface area contributed by atoms with Gasteiger partial charge in [-0.25, -0.2) is 0 Å². The largest absolute Gasteiger partial charge is 0.105 e. The van der Waals surface area contributed by atoms with Crippen LogP contribution in [-0.4, -0.2) is 13.3 Å². The summed E-state index contributed by atoms with van der Waals surface area (Å²) in [5.41, 5.74) is 4.23. The molecule has 0 N–H and O–H groups in total. The lowest BCUT2D eigenvalue weighted by Gasteiger charge is -2.36. The minimum absolute atomic E-state index is 0.0227. The van der Waals surface area contributed by atoms with Gasteiger partial charge in [0.2, 0.25) is 0 Å². The molecule has 0 saturated heterocycles. The second-order valence-electron chi connectivity index (χ2n) is 7.04. The summed E-state index contributed by atoms with van der Waals surface area (Å²) in [5.74, 6) is 0.662. The Morgan fingerprint density at radius 1 is 0.895 bits per heavy atom. The summed E-state index contributed by atoms with van der Waals surface area (Å²) in [6, 6.07) is 13.7. The van der Waals surface area contributed by atoms with Gasteiger partial charge in [-0.2, -0.15) is 0 Å². The summed E-state index contributed by atoms with van der Waals surface area (Å²) >= 11 is 0. The number of hydrogen-bond acceptors (Lipinski definition) is 0. The van der Waals surface area contributed by atoms with E-state index in [9.17, 15) is 0 Å². The standard InChI is InChI=1S/C18H23P/c1-18(2,3)16-13-10-6-8-12-9-7-11-14(15(12)13)17(16)19(4)5/h6-11,16-17H,1-5H3. The van der Waals surface area contributed by atoms with Crippen LogP contribution >= 0.6 is 7.92 Å². The van der Waals surface area contributed by atoms with Crippen LogP contribution in [0.4, 0.5) is 0 Å². The zero-order valence-electron chi connectivity index (χ0n) is 12.6. The third-order valence-corrected chi connectivity index (χ3v) is 6.12. The maximum Gasteiger partial charge on any atom is 0.0117 e. The van der Waals surface area contributed by atoms with E-state index >= 15 is 0 Å². The molecule has 2 atom stereocenters. The first-order valence-electron chi connectivity index (χ1n) is 7.09. The van der Waals surface area contributed by atoms with Gasteiger partial charge in [0, 0.05) is 11.6 Å². The zero-order chi connectivity index (χ0) is 13.8. The fourth-order valence-corrected chi connectivity index (χ4v) is 5.75. The molecule has 2 unspecified atom stereocenters. The van der Waals surface area contributed by atoms with Crippen LogP contribution in [0.2, 0.25) is 0 Å². The molecule has 2 aromatic carbocycles. The fraction of sp³-hybridized carbons (Fsp3) is 0.444. The molecule has 1 heteroatoms. The summed E-state index contributed by atoms with van der Waals surface area (Å²) in [6.45, 7) is 12.1. The van der Waals surface area contributed by atoms with Crippen LogP contribution < -0.4 is 0 Å². The zero-order valence-corrected chi connectivity index (χ0v) is 13.5. The molecule has 19 heavy (non-hydrogen) atoms. The first kappa shape index (κ1) is 13.1. The smallest absolute Gasteiger partial charge is 0.0117 e. The molecule has 0 aliphatic heterocycles. The van der Waals surface area contributed by atoms with Gasteiger partial charge in [0.05, 0.1) is 0 Å². The van der Waals surface area contributed by atoms with Crippen molar-refractivity contribution in [3.05, 3.63) is 47.5 Å². The van der Waals surface area contributed by atoms with Gasteiger partial charge in [-0.15, -0.1) is 7.92 Å². The van der Waals surface area contributed by atoms with Crippen LogP contribution in [-0.2, 0) is 0 Å². The molecule has 0 heterocycles. The van der Waals surface area contributed by atoms with E-state index in [0.29, 0.717) is 11.3 Å². The maximum atomic E-state index is 2.43. The van der Waals surface area contributed by atoms with E-state index in [4.69, 9.17) is 0 Å². The van der Waals surface area contributed by atoms with Crippen LogP contribution in [0.25, 0.3) is 10.8 Å². The van der Waals surface area contributed by atoms with Crippen molar-refractivity contribution in [2.24, 2.45) is 5.41 Å². The SMILES string of the molecule is CP(C)C1c2cccc3cccc(c23)C1C(C)(C)C. The van der Waals surface area contributed by atoms with Crippen LogP contribution in [0.15, 0.2) is 36.4 Å². The Morgan fingerprint density at radius 3 is 2.00 bits per heavy atom. The van der Waals surface area contributed by atoms with E-state index in [0.717, 1.165) is 5.66 Å². The first-order chi connectivity index (χ1) is 8.91. The molecule has 2 aromatic rings. The number of hydrogen-bond donors (Lipinski definition) is 0. The molecule has 0 amide bonds. The normalized spacial score (nSPS) is 22.4. The molecular weight excluding hydrogens is 247 g/mol. The van der Waals surface area contributed by atoms with Crippen molar-refractivity contribution in [1.82, 2.24) is 0 Å². The highest BCUT2D eigenvalue weighted by Crippen LogP contribution is 2.64. The summed E-state index contributed by atoms with van der Waals surface area (Å²) in [4.78, 5) is 0. The van der Waals surface area contributed by atoms with Crippen molar-refractivity contribution in [2.75, 3.05) is 13.3 Å². The monoisotopic (exact) mass is 270 g/mol. The maximum absolute atomic E-state index is 2.43. The molecular formula is C18H23P. The fourth-order valence-electron chi connectivity index (χ4n) is 3.77. The number of rotatable bonds is 1. The third kappa shape index (κ3) is 1.93. The summed E-state index contributed by atoms with van der Waals surface area (Å²) in [5, 5.41) is 2.97. The Kier molecular flexibility index (Phi) is 2.98. The quantitative estimate of drug-likeness (QED) is 0.577. The van der Waals surface area contributed by atoms with E-state index in [1.54, 1.807) is 16.5 Å². The minimum Gasteiger partial charge on any atom is -0.105 e. The molecule has 0 nitrogen and oxygen atoms in total. The lowest BCUT2D eigenvalue weighted by atomic mass is 9.76. The van der Waals surface area contributed by atoms with Crippen molar-refractivity contribution < 1.29 is 0 Å². The van der Waals surface area contributed by atoms with Crippen LogP contribution in [0.5, 0.6) is 0 Å². The van der Waals surface area contributed by atoms with Crippen molar-refractivity contribution in [2.45, 2.75) is 32.3 Å². The Hall–Kier alpha value is -0.870. The molecule has 0 bridgehead atoms. The van der Waals surface area contributed by atoms with E-state index in [1.807, 2.05) is 0 Å². The topological polar surface area (TPSA) is 0 Å². The Morgan fingerprint density at radius 2 is 1.47 bits per heavy atom. The van der Waals surface area contributed by atoms with Gasteiger partial charge in [-0.1, -0.05) is 57.2 Å². The van der Waals surface area contributed by atoms with Crippen molar-refractivity contribution in [3.8, 4) is 0 Å². The molecule has 100 valence electrons. The minimum atomic E-state index is 0.0227. The van der Waals surface area contributed by atoms with E-state index < -0.39 is 0 Å². The summed E-state index contributed by atoms with van der Waals surface area (Å²) < 4.78 is 0. The van der Waals surface area contributed by atoms with Gasteiger partial charge in [0.15, 0.2) is 0 Å². The first-order valence-corrected chi connectivity index (χ1v) is 9.40.